The third-order valence-electron chi connectivity index (χ3n) is 2.96. The highest BCUT2D eigenvalue weighted by atomic mass is 16.5. The van der Waals surface area contributed by atoms with Crippen LogP contribution in [-0.4, -0.2) is 19.1 Å². The summed E-state index contributed by atoms with van der Waals surface area (Å²) in [5.74, 6) is 0.381. The summed E-state index contributed by atoms with van der Waals surface area (Å²) in [4.78, 5) is 11.2. The Morgan fingerprint density at radius 3 is 2.94 bits per heavy atom. The molecule has 0 saturated heterocycles. The van der Waals surface area contributed by atoms with Crippen LogP contribution in [0.5, 0.6) is 0 Å². The van der Waals surface area contributed by atoms with Crippen molar-refractivity contribution in [2.24, 2.45) is 5.73 Å². The van der Waals surface area contributed by atoms with Crippen LogP contribution >= 0.6 is 0 Å². The van der Waals surface area contributed by atoms with E-state index in [1.165, 1.54) is 25.5 Å². The maximum absolute atomic E-state index is 11.2. The van der Waals surface area contributed by atoms with Gasteiger partial charge in [0.05, 0.1) is 7.11 Å². The number of rotatable bonds is 4. The molecule has 0 radical (unpaired) electrons. The van der Waals surface area contributed by atoms with E-state index >= 15 is 0 Å². The number of hydrogen-bond donors (Lipinski definition) is 1. The fraction of sp³-hybridized carbons (Fsp3) is 0.462. The van der Waals surface area contributed by atoms with Crippen LogP contribution in [0.2, 0.25) is 0 Å². The van der Waals surface area contributed by atoms with Gasteiger partial charge in [0.1, 0.15) is 6.04 Å². The Labute approximate surface area is 95.6 Å². The van der Waals surface area contributed by atoms with Gasteiger partial charge in [0.25, 0.3) is 0 Å². The van der Waals surface area contributed by atoms with Gasteiger partial charge in [-0.1, -0.05) is 24.3 Å². The summed E-state index contributed by atoms with van der Waals surface area (Å²) in [6.45, 7) is 0. The minimum Gasteiger partial charge on any atom is -0.468 e. The van der Waals surface area contributed by atoms with Crippen molar-refractivity contribution in [3.8, 4) is 0 Å². The summed E-state index contributed by atoms with van der Waals surface area (Å²) in [6.07, 6.45) is 3.12. The van der Waals surface area contributed by atoms with E-state index < -0.39 is 6.04 Å². The summed E-state index contributed by atoms with van der Waals surface area (Å²) >= 11 is 0. The largest absolute Gasteiger partial charge is 0.468 e. The number of benzene rings is 1. The molecular weight excluding hydrogens is 202 g/mol. The van der Waals surface area contributed by atoms with Crippen molar-refractivity contribution in [3.05, 3.63) is 35.4 Å². The Bertz CT molecular complexity index is 385. The highest BCUT2D eigenvalue weighted by molar-refractivity contribution is 5.75. The average molecular weight is 219 g/mol. The van der Waals surface area contributed by atoms with Crippen LogP contribution in [-0.2, 0) is 16.0 Å². The molecule has 1 aliphatic carbocycles. The van der Waals surface area contributed by atoms with Gasteiger partial charge in [-0.3, -0.25) is 4.79 Å². The molecule has 1 saturated carbocycles. The van der Waals surface area contributed by atoms with E-state index in [9.17, 15) is 4.79 Å². The molecule has 2 rings (SSSR count). The molecule has 3 nitrogen and oxygen atoms in total. The molecule has 0 aliphatic heterocycles. The third-order valence-corrected chi connectivity index (χ3v) is 2.96. The second-order valence-corrected chi connectivity index (χ2v) is 4.35. The van der Waals surface area contributed by atoms with Gasteiger partial charge in [0.15, 0.2) is 0 Å². The van der Waals surface area contributed by atoms with Gasteiger partial charge in [-0.2, -0.15) is 0 Å². The first kappa shape index (κ1) is 11.1. The molecule has 1 aromatic carbocycles. The molecule has 1 fully saturated rings. The molecule has 2 N–H and O–H groups in total. The van der Waals surface area contributed by atoms with Crippen LogP contribution in [0.25, 0.3) is 0 Å². The van der Waals surface area contributed by atoms with E-state index in [-0.39, 0.29) is 5.97 Å². The van der Waals surface area contributed by atoms with E-state index in [1.54, 1.807) is 0 Å². The molecule has 1 atom stereocenters. The zero-order chi connectivity index (χ0) is 11.5. The number of carbonyl (C=O) groups is 1. The van der Waals surface area contributed by atoms with Crippen molar-refractivity contribution in [3.63, 3.8) is 0 Å². The Hall–Kier alpha value is -1.35. The zero-order valence-electron chi connectivity index (χ0n) is 9.48. The molecule has 1 aliphatic rings. The standard InChI is InChI=1S/C13H17NO2/c1-16-13(15)12(14)8-9-3-2-4-11(7-9)10-5-6-10/h2-4,7,10,12H,5-6,8,14H2,1H3. The van der Waals surface area contributed by atoms with Gasteiger partial charge in [-0.25, -0.2) is 0 Å². The van der Waals surface area contributed by atoms with E-state index in [4.69, 9.17) is 5.73 Å². The van der Waals surface area contributed by atoms with Crippen molar-refractivity contribution in [1.82, 2.24) is 0 Å². The van der Waals surface area contributed by atoms with Gasteiger partial charge in [0.2, 0.25) is 0 Å². The number of nitrogens with two attached hydrogens (primary N) is 1. The molecule has 1 unspecified atom stereocenters. The lowest BCUT2D eigenvalue weighted by Crippen LogP contribution is -2.33. The van der Waals surface area contributed by atoms with E-state index in [0.29, 0.717) is 6.42 Å². The lowest BCUT2D eigenvalue weighted by Gasteiger charge is -2.10. The summed E-state index contributed by atoms with van der Waals surface area (Å²) in [7, 11) is 1.36. The molecule has 3 heteroatoms. The minimum absolute atomic E-state index is 0.350. The van der Waals surface area contributed by atoms with Crippen LogP contribution < -0.4 is 5.73 Å². The molecule has 0 aromatic heterocycles. The number of hydrogen-bond acceptors (Lipinski definition) is 3. The second-order valence-electron chi connectivity index (χ2n) is 4.35. The van der Waals surface area contributed by atoms with E-state index in [0.717, 1.165) is 11.5 Å². The van der Waals surface area contributed by atoms with Crippen LogP contribution in [0.4, 0.5) is 0 Å². The van der Waals surface area contributed by atoms with Crippen molar-refractivity contribution >= 4 is 5.97 Å². The van der Waals surface area contributed by atoms with Crippen molar-refractivity contribution in [1.29, 1.82) is 0 Å². The first-order chi connectivity index (χ1) is 7.70. The highest BCUT2D eigenvalue weighted by Crippen LogP contribution is 2.40. The number of methoxy groups -OCH3 is 1. The maximum Gasteiger partial charge on any atom is 0.322 e. The van der Waals surface area contributed by atoms with Crippen molar-refractivity contribution in [2.45, 2.75) is 31.2 Å². The summed E-state index contributed by atoms with van der Waals surface area (Å²) < 4.78 is 4.61. The molecule has 16 heavy (non-hydrogen) atoms. The first-order valence-corrected chi connectivity index (χ1v) is 5.63. The highest BCUT2D eigenvalue weighted by Gasteiger charge is 2.23. The van der Waals surface area contributed by atoms with Crippen LogP contribution in [0.15, 0.2) is 24.3 Å². The normalized spacial score (nSPS) is 16.9. The van der Waals surface area contributed by atoms with Gasteiger partial charge < -0.3 is 10.5 Å². The van der Waals surface area contributed by atoms with Crippen molar-refractivity contribution < 1.29 is 9.53 Å². The first-order valence-electron chi connectivity index (χ1n) is 5.63. The van der Waals surface area contributed by atoms with Crippen molar-refractivity contribution in [2.75, 3.05) is 7.11 Å². The fourth-order valence-corrected chi connectivity index (χ4v) is 1.88. The lowest BCUT2D eigenvalue weighted by molar-refractivity contribution is -0.142. The molecule has 86 valence electrons. The van der Waals surface area contributed by atoms with Crippen LogP contribution in [0, 0.1) is 0 Å². The molecule has 0 amide bonds. The molecule has 0 spiro atoms. The van der Waals surface area contributed by atoms with Gasteiger partial charge in [-0.05, 0) is 36.3 Å². The van der Waals surface area contributed by atoms with Crippen LogP contribution in [0.1, 0.15) is 29.9 Å². The van der Waals surface area contributed by atoms with Gasteiger partial charge in [0, 0.05) is 0 Å². The zero-order valence-corrected chi connectivity index (χ0v) is 9.48. The topological polar surface area (TPSA) is 52.3 Å². The number of carbonyl (C=O) groups excluding carboxylic acids is 1. The van der Waals surface area contributed by atoms with E-state index in [1.807, 2.05) is 12.1 Å². The summed E-state index contributed by atoms with van der Waals surface area (Å²) in [5, 5.41) is 0. The second kappa shape index (κ2) is 4.66. The number of ether oxygens (including phenoxy) is 1. The monoisotopic (exact) mass is 219 g/mol. The number of esters is 1. The molecular formula is C13H17NO2. The molecule has 0 bridgehead atoms. The quantitative estimate of drug-likeness (QED) is 0.783. The maximum atomic E-state index is 11.2. The Balaban J connectivity index is 2.03. The smallest absolute Gasteiger partial charge is 0.322 e. The fourth-order valence-electron chi connectivity index (χ4n) is 1.88. The van der Waals surface area contributed by atoms with E-state index in [2.05, 4.69) is 16.9 Å². The van der Waals surface area contributed by atoms with Gasteiger partial charge >= 0.3 is 5.97 Å². The summed E-state index contributed by atoms with van der Waals surface area (Å²) in [6, 6.07) is 7.78. The summed E-state index contributed by atoms with van der Waals surface area (Å²) in [5.41, 5.74) is 8.21. The van der Waals surface area contributed by atoms with Gasteiger partial charge in [-0.15, -0.1) is 0 Å². The SMILES string of the molecule is COC(=O)C(N)Cc1cccc(C2CC2)c1. The minimum atomic E-state index is -0.556. The molecule has 1 aromatic rings. The lowest BCUT2D eigenvalue weighted by atomic mass is 10.0. The Morgan fingerprint density at radius 1 is 1.56 bits per heavy atom. The predicted molar refractivity (Wildman–Crippen MR) is 62.1 cm³/mol. The third kappa shape index (κ3) is 2.61. The molecule has 0 heterocycles. The Morgan fingerprint density at radius 2 is 2.31 bits per heavy atom. The Kier molecular flexibility index (Phi) is 3.25. The average Bonchev–Trinajstić information content (AvgIpc) is 3.12. The predicted octanol–water partition coefficient (Wildman–Crippen LogP) is 1.61. The van der Waals surface area contributed by atoms with Crippen LogP contribution in [0.3, 0.4) is 0 Å².